The van der Waals surface area contributed by atoms with Gasteiger partial charge in [0.2, 0.25) is 0 Å². The van der Waals surface area contributed by atoms with Crippen molar-refractivity contribution in [1.82, 2.24) is 10.3 Å². The van der Waals surface area contributed by atoms with Gasteiger partial charge in [-0.2, -0.15) is 11.8 Å². The number of hydrogen-bond acceptors (Lipinski definition) is 4. The lowest BCUT2D eigenvalue weighted by Crippen LogP contribution is -2.38. The van der Waals surface area contributed by atoms with Crippen LogP contribution in [-0.4, -0.2) is 29.1 Å². The van der Waals surface area contributed by atoms with E-state index in [4.69, 9.17) is 16.0 Å². The minimum atomic E-state index is -0.390. The molecular weight excluding hydrogens is 275 g/mol. The number of oxazole rings is 1. The van der Waals surface area contributed by atoms with Gasteiger partial charge in [0.1, 0.15) is 11.3 Å². The van der Waals surface area contributed by atoms with Gasteiger partial charge in [0.15, 0.2) is 11.5 Å². The summed E-state index contributed by atoms with van der Waals surface area (Å²) in [5.41, 5.74) is 0.954. The van der Waals surface area contributed by atoms with E-state index in [0.29, 0.717) is 29.5 Å². The Kier molecular flexibility index (Phi) is 3.46. The minimum absolute atomic E-state index is 0.273. The van der Waals surface area contributed by atoms with Crippen molar-refractivity contribution in [3.05, 3.63) is 28.9 Å². The molecule has 1 unspecified atom stereocenters. The van der Waals surface area contributed by atoms with Crippen molar-refractivity contribution in [2.45, 2.75) is 12.5 Å². The van der Waals surface area contributed by atoms with Crippen molar-refractivity contribution >= 4 is 34.5 Å². The highest BCUT2D eigenvalue weighted by atomic mass is 35.5. The van der Waals surface area contributed by atoms with E-state index in [-0.39, 0.29) is 5.02 Å². The van der Waals surface area contributed by atoms with Crippen LogP contribution in [0.1, 0.15) is 5.89 Å². The number of nitrogens with one attached hydrogen (secondary N) is 1. The molecule has 3 nitrogen and oxygen atoms in total. The van der Waals surface area contributed by atoms with Crippen molar-refractivity contribution in [2.75, 3.05) is 18.1 Å². The molecule has 1 aromatic heterocycles. The van der Waals surface area contributed by atoms with Crippen molar-refractivity contribution in [2.24, 2.45) is 0 Å². The maximum absolute atomic E-state index is 13.2. The molecule has 1 fully saturated rings. The molecule has 1 saturated heterocycles. The molecule has 0 amide bonds. The number of nitrogens with zero attached hydrogens (tertiary/aromatic N) is 1. The highest BCUT2D eigenvalue weighted by molar-refractivity contribution is 7.99. The van der Waals surface area contributed by atoms with Gasteiger partial charge in [-0.25, -0.2) is 9.37 Å². The van der Waals surface area contributed by atoms with Crippen LogP contribution in [0.2, 0.25) is 5.02 Å². The summed E-state index contributed by atoms with van der Waals surface area (Å²) in [6, 6.07) is 2.95. The molecule has 96 valence electrons. The molecule has 0 aliphatic carbocycles. The third kappa shape index (κ3) is 2.48. The summed E-state index contributed by atoms with van der Waals surface area (Å²) in [5, 5.41) is 3.68. The van der Waals surface area contributed by atoms with Gasteiger partial charge < -0.3 is 9.73 Å². The van der Waals surface area contributed by atoms with Gasteiger partial charge >= 0.3 is 0 Å². The molecule has 2 aromatic rings. The molecule has 1 N–H and O–H groups in total. The zero-order valence-corrected chi connectivity index (χ0v) is 11.2. The van der Waals surface area contributed by atoms with E-state index < -0.39 is 5.82 Å². The maximum atomic E-state index is 13.2. The van der Waals surface area contributed by atoms with Crippen molar-refractivity contribution in [3.63, 3.8) is 0 Å². The van der Waals surface area contributed by atoms with Crippen LogP contribution in [0.3, 0.4) is 0 Å². The second-order valence-electron chi connectivity index (χ2n) is 4.27. The lowest BCUT2D eigenvalue weighted by molar-refractivity contribution is 0.469. The molecule has 2 heterocycles. The Morgan fingerprint density at radius 3 is 3.22 bits per heavy atom. The Bertz CT molecular complexity index is 568. The summed E-state index contributed by atoms with van der Waals surface area (Å²) >= 11 is 7.84. The molecule has 1 aliphatic rings. The number of rotatable bonds is 2. The third-order valence-corrected chi connectivity index (χ3v) is 4.28. The van der Waals surface area contributed by atoms with Gasteiger partial charge in [-0.1, -0.05) is 11.6 Å². The number of fused-ring (bicyclic) bond motifs is 1. The maximum Gasteiger partial charge on any atom is 0.197 e. The molecule has 0 spiro atoms. The van der Waals surface area contributed by atoms with E-state index in [9.17, 15) is 4.39 Å². The molecule has 0 saturated carbocycles. The van der Waals surface area contributed by atoms with Crippen LogP contribution >= 0.6 is 23.4 Å². The van der Waals surface area contributed by atoms with Gasteiger partial charge in [0.05, 0.1) is 5.02 Å². The Labute approximate surface area is 113 Å². The Morgan fingerprint density at radius 2 is 2.44 bits per heavy atom. The van der Waals surface area contributed by atoms with E-state index in [1.165, 1.54) is 12.1 Å². The molecule has 0 radical (unpaired) electrons. The van der Waals surface area contributed by atoms with Gasteiger partial charge in [-0.05, 0) is 6.07 Å². The first-order valence-electron chi connectivity index (χ1n) is 5.78. The number of thioether (sulfide) groups is 1. The van der Waals surface area contributed by atoms with Crippen LogP contribution in [-0.2, 0) is 6.42 Å². The molecule has 1 aliphatic heterocycles. The SMILES string of the molecule is Fc1cc(Cl)c2oc(CC3CSCCN3)nc2c1. The summed E-state index contributed by atoms with van der Waals surface area (Å²) in [6.45, 7) is 1.00. The third-order valence-electron chi connectivity index (χ3n) is 2.87. The van der Waals surface area contributed by atoms with Gasteiger partial charge in [0.25, 0.3) is 0 Å². The fourth-order valence-electron chi connectivity index (χ4n) is 2.05. The second kappa shape index (κ2) is 5.07. The smallest absolute Gasteiger partial charge is 0.197 e. The Balaban J connectivity index is 1.86. The first-order chi connectivity index (χ1) is 8.72. The van der Waals surface area contributed by atoms with Crippen molar-refractivity contribution in [3.8, 4) is 0 Å². The van der Waals surface area contributed by atoms with Crippen LogP contribution in [0, 0.1) is 5.82 Å². The minimum Gasteiger partial charge on any atom is -0.439 e. The van der Waals surface area contributed by atoms with Gasteiger partial charge in [0, 0.05) is 36.6 Å². The summed E-state index contributed by atoms with van der Waals surface area (Å²) < 4.78 is 18.8. The summed E-state index contributed by atoms with van der Waals surface area (Å²) in [7, 11) is 0. The van der Waals surface area contributed by atoms with E-state index in [2.05, 4.69) is 10.3 Å². The first-order valence-corrected chi connectivity index (χ1v) is 7.31. The predicted octanol–water partition coefficient (Wildman–Crippen LogP) is 2.87. The van der Waals surface area contributed by atoms with Crippen LogP contribution < -0.4 is 5.32 Å². The Morgan fingerprint density at radius 1 is 1.56 bits per heavy atom. The van der Waals surface area contributed by atoms with E-state index >= 15 is 0 Å². The molecule has 3 rings (SSSR count). The number of aromatic nitrogens is 1. The summed E-state index contributed by atoms with van der Waals surface area (Å²) in [6.07, 6.45) is 0.708. The number of hydrogen-bond donors (Lipinski definition) is 1. The monoisotopic (exact) mass is 286 g/mol. The predicted molar refractivity (Wildman–Crippen MR) is 71.8 cm³/mol. The second-order valence-corrected chi connectivity index (χ2v) is 5.83. The largest absolute Gasteiger partial charge is 0.439 e. The standard InChI is InChI=1S/C12H12ClFN2OS/c13-9-3-7(14)4-10-12(9)17-11(16-10)5-8-6-18-2-1-15-8/h3-4,8,15H,1-2,5-6H2. The van der Waals surface area contributed by atoms with E-state index in [0.717, 1.165) is 18.1 Å². The fraction of sp³-hybridized carbons (Fsp3) is 0.417. The quantitative estimate of drug-likeness (QED) is 0.921. The summed E-state index contributed by atoms with van der Waals surface area (Å²) in [5.74, 6) is 2.40. The van der Waals surface area contributed by atoms with Crippen molar-refractivity contribution in [1.29, 1.82) is 0 Å². The van der Waals surface area contributed by atoms with Crippen LogP contribution in [0.25, 0.3) is 11.1 Å². The fourth-order valence-corrected chi connectivity index (χ4v) is 3.24. The highest BCUT2D eigenvalue weighted by Gasteiger charge is 2.18. The highest BCUT2D eigenvalue weighted by Crippen LogP contribution is 2.26. The normalized spacial score (nSPS) is 20.4. The van der Waals surface area contributed by atoms with Gasteiger partial charge in [-0.15, -0.1) is 0 Å². The van der Waals surface area contributed by atoms with E-state index in [1.54, 1.807) is 0 Å². The number of benzene rings is 1. The van der Waals surface area contributed by atoms with E-state index in [1.807, 2.05) is 11.8 Å². The van der Waals surface area contributed by atoms with Crippen LogP contribution in [0.5, 0.6) is 0 Å². The first kappa shape index (κ1) is 12.3. The lowest BCUT2D eigenvalue weighted by Gasteiger charge is -2.21. The van der Waals surface area contributed by atoms with Gasteiger partial charge in [-0.3, -0.25) is 0 Å². The molecule has 6 heteroatoms. The zero-order valence-electron chi connectivity index (χ0n) is 9.58. The molecule has 1 aromatic carbocycles. The average molecular weight is 287 g/mol. The average Bonchev–Trinajstić information content (AvgIpc) is 2.73. The van der Waals surface area contributed by atoms with Crippen molar-refractivity contribution < 1.29 is 8.81 Å². The molecule has 18 heavy (non-hydrogen) atoms. The zero-order chi connectivity index (χ0) is 12.5. The summed E-state index contributed by atoms with van der Waals surface area (Å²) in [4.78, 5) is 4.29. The molecule has 1 atom stereocenters. The van der Waals surface area contributed by atoms with Crippen LogP contribution in [0.4, 0.5) is 4.39 Å². The molecular formula is C12H12ClFN2OS. The van der Waals surface area contributed by atoms with Crippen LogP contribution in [0.15, 0.2) is 16.5 Å². The topological polar surface area (TPSA) is 38.1 Å². The molecule has 0 bridgehead atoms. The number of halogens is 2. The Hall–Kier alpha value is -0.780. The lowest BCUT2D eigenvalue weighted by atomic mass is 10.2.